The predicted molar refractivity (Wildman–Crippen MR) is 141 cm³/mol. The van der Waals surface area contributed by atoms with Gasteiger partial charge in [0.05, 0.1) is 22.4 Å². The van der Waals surface area contributed by atoms with Crippen LogP contribution in [0.25, 0.3) is 0 Å². The van der Waals surface area contributed by atoms with Crippen LogP contribution in [0.4, 0.5) is 17.1 Å². The number of amidine groups is 1. The van der Waals surface area contributed by atoms with Crippen molar-refractivity contribution >= 4 is 62.2 Å². The summed E-state index contributed by atoms with van der Waals surface area (Å²) >= 11 is 9.83. The van der Waals surface area contributed by atoms with Gasteiger partial charge >= 0.3 is 0 Å². The quantitative estimate of drug-likeness (QED) is 0.333. The third-order valence-electron chi connectivity index (χ3n) is 5.69. The zero-order valence-electron chi connectivity index (χ0n) is 18.9. The Bertz CT molecular complexity index is 1290. The van der Waals surface area contributed by atoms with Crippen molar-refractivity contribution < 1.29 is 9.59 Å². The van der Waals surface area contributed by atoms with Crippen molar-refractivity contribution in [3.63, 3.8) is 0 Å². The number of nitrogens with zero attached hydrogens (tertiary/aromatic N) is 1. The molecule has 0 aliphatic carbocycles. The van der Waals surface area contributed by atoms with E-state index >= 15 is 0 Å². The van der Waals surface area contributed by atoms with Crippen LogP contribution >= 0.6 is 27.5 Å². The Balaban J connectivity index is 1.54. The summed E-state index contributed by atoms with van der Waals surface area (Å²) in [7, 11) is 0. The number of halogens is 2. The second-order valence-electron chi connectivity index (χ2n) is 8.24. The maximum absolute atomic E-state index is 12.7. The van der Waals surface area contributed by atoms with E-state index in [0.717, 1.165) is 32.8 Å². The molecule has 3 aromatic carbocycles. The van der Waals surface area contributed by atoms with E-state index in [0.29, 0.717) is 16.3 Å². The zero-order valence-corrected chi connectivity index (χ0v) is 21.3. The zero-order chi connectivity index (χ0) is 24.4. The highest BCUT2D eigenvalue weighted by molar-refractivity contribution is 9.10. The maximum atomic E-state index is 12.7. The summed E-state index contributed by atoms with van der Waals surface area (Å²) in [4.78, 5) is 28.9. The lowest BCUT2D eigenvalue weighted by Crippen LogP contribution is -2.24. The molecule has 8 heteroatoms. The number of aliphatic imine (C=N–C) groups is 1. The predicted octanol–water partition coefficient (Wildman–Crippen LogP) is 6.81. The lowest BCUT2D eigenvalue weighted by Gasteiger charge is -2.17. The number of nitrogens with one attached hydrogen (secondary N) is 3. The molecule has 174 valence electrons. The molecule has 0 fully saturated rings. The number of benzene rings is 3. The monoisotopic (exact) mass is 538 g/mol. The van der Waals surface area contributed by atoms with Crippen molar-refractivity contribution in [3.05, 3.63) is 86.8 Å². The highest BCUT2D eigenvalue weighted by atomic mass is 79.9. The summed E-state index contributed by atoms with van der Waals surface area (Å²) in [5.41, 5.74) is 4.67. The average Bonchev–Trinajstić information content (AvgIpc) is 3.10. The van der Waals surface area contributed by atoms with Gasteiger partial charge in [0.15, 0.2) is 0 Å². The van der Waals surface area contributed by atoms with Crippen LogP contribution in [0, 0.1) is 0 Å². The van der Waals surface area contributed by atoms with Crippen molar-refractivity contribution in [1.29, 1.82) is 0 Å². The SMILES string of the molecule is CC(=O)NC(C)c1ccc(Cl)c(NC2=Nc3cc(C(=O)Nc4ccc(Br)cc4)ccc3C2C)c1. The van der Waals surface area contributed by atoms with Crippen LogP contribution in [0.1, 0.15) is 54.2 Å². The van der Waals surface area contributed by atoms with Crippen LogP contribution in [0.2, 0.25) is 5.02 Å². The van der Waals surface area contributed by atoms with E-state index in [4.69, 9.17) is 16.6 Å². The smallest absolute Gasteiger partial charge is 0.255 e. The molecule has 0 bridgehead atoms. The summed E-state index contributed by atoms with van der Waals surface area (Å²) in [6.07, 6.45) is 0. The van der Waals surface area contributed by atoms with Crippen molar-refractivity contribution in [2.75, 3.05) is 10.6 Å². The molecule has 1 heterocycles. The van der Waals surface area contributed by atoms with Gasteiger partial charge in [0.1, 0.15) is 5.84 Å². The van der Waals surface area contributed by atoms with Gasteiger partial charge in [-0.3, -0.25) is 9.59 Å². The molecule has 1 aliphatic heterocycles. The van der Waals surface area contributed by atoms with Crippen LogP contribution in [0.5, 0.6) is 0 Å². The fourth-order valence-electron chi connectivity index (χ4n) is 3.83. The van der Waals surface area contributed by atoms with Crippen molar-refractivity contribution in [2.24, 2.45) is 4.99 Å². The second kappa shape index (κ2) is 9.99. The number of rotatable bonds is 5. The molecule has 1 aliphatic rings. The van der Waals surface area contributed by atoms with Crippen molar-refractivity contribution in [1.82, 2.24) is 5.32 Å². The first kappa shape index (κ1) is 24.0. The molecule has 2 unspecified atom stereocenters. The van der Waals surface area contributed by atoms with Gasteiger partial charge in [0, 0.05) is 28.6 Å². The van der Waals surface area contributed by atoms with Gasteiger partial charge in [-0.25, -0.2) is 4.99 Å². The first-order valence-corrected chi connectivity index (χ1v) is 12.0. The van der Waals surface area contributed by atoms with E-state index < -0.39 is 0 Å². The summed E-state index contributed by atoms with van der Waals surface area (Å²) in [5.74, 6) is 0.455. The molecule has 3 aromatic rings. The number of anilines is 2. The molecule has 6 nitrogen and oxygen atoms in total. The Morgan fingerprint density at radius 1 is 1.06 bits per heavy atom. The summed E-state index contributed by atoms with van der Waals surface area (Å²) in [5, 5.41) is 9.69. The average molecular weight is 540 g/mol. The number of hydrogen-bond acceptors (Lipinski definition) is 4. The standard InChI is InChI=1S/C26H24BrClN4O2/c1-14-21-10-4-18(26(34)30-20-8-6-19(27)7-9-20)13-23(21)31-25(14)32-24-12-17(5-11-22(24)28)15(2)29-16(3)33/h4-15H,1-3H3,(H,29,33)(H,30,34)(H,31,32). The van der Waals surface area contributed by atoms with E-state index in [1.807, 2.05) is 55.5 Å². The lowest BCUT2D eigenvalue weighted by molar-refractivity contribution is -0.119. The van der Waals surface area contributed by atoms with Crippen molar-refractivity contribution in [2.45, 2.75) is 32.7 Å². The molecule has 0 radical (unpaired) electrons. The third-order valence-corrected chi connectivity index (χ3v) is 6.54. The van der Waals surface area contributed by atoms with Crippen LogP contribution in [-0.4, -0.2) is 17.6 Å². The van der Waals surface area contributed by atoms with E-state index in [9.17, 15) is 9.59 Å². The minimum Gasteiger partial charge on any atom is -0.350 e. The largest absolute Gasteiger partial charge is 0.350 e. The molecule has 0 aromatic heterocycles. The summed E-state index contributed by atoms with van der Waals surface area (Å²) < 4.78 is 0.946. The first-order chi connectivity index (χ1) is 16.2. The molecule has 34 heavy (non-hydrogen) atoms. The summed E-state index contributed by atoms with van der Waals surface area (Å²) in [6.45, 7) is 5.46. The second-order valence-corrected chi connectivity index (χ2v) is 9.56. The molecule has 3 N–H and O–H groups in total. The highest BCUT2D eigenvalue weighted by Crippen LogP contribution is 2.37. The molecule has 2 atom stereocenters. The van der Waals surface area contributed by atoms with E-state index in [-0.39, 0.29) is 23.8 Å². The molecular formula is C26H24BrClN4O2. The van der Waals surface area contributed by atoms with Crippen LogP contribution < -0.4 is 16.0 Å². The topological polar surface area (TPSA) is 82.6 Å². The molecule has 0 spiro atoms. The fraction of sp³-hybridized carbons (Fsp3) is 0.192. The van der Waals surface area contributed by atoms with E-state index in [2.05, 4.69) is 38.8 Å². The van der Waals surface area contributed by atoms with Gasteiger partial charge in [-0.2, -0.15) is 0 Å². The van der Waals surface area contributed by atoms with Gasteiger partial charge in [0.2, 0.25) is 5.91 Å². The molecule has 4 rings (SSSR count). The third kappa shape index (κ3) is 5.32. The number of fused-ring (bicyclic) bond motifs is 1. The Morgan fingerprint density at radius 2 is 1.79 bits per heavy atom. The normalized spacial score (nSPS) is 15.2. The van der Waals surface area contributed by atoms with Gasteiger partial charge in [0.25, 0.3) is 5.91 Å². The summed E-state index contributed by atoms with van der Waals surface area (Å²) in [6, 6.07) is 18.4. The van der Waals surface area contributed by atoms with Gasteiger partial charge in [-0.15, -0.1) is 0 Å². The lowest BCUT2D eigenvalue weighted by atomic mass is 9.99. The van der Waals surface area contributed by atoms with E-state index in [1.165, 1.54) is 6.92 Å². The number of carbonyl (C=O) groups is 2. The minimum absolute atomic E-state index is 0.00563. The van der Waals surface area contributed by atoms with Gasteiger partial charge in [-0.05, 0) is 66.6 Å². The minimum atomic E-state index is -0.197. The Labute approximate surface area is 211 Å². The fourth-order valence-corrected chi connectivity index (χ4v) is 4.26. The molecular weight excluding hydrogens is 516 g/mol. The number of amides is 2. The maximum Gasteiger partial charge on any atom is 0.255 e. The number of hydrogen-bond donors (Lipinski definition) is 3. The van der Waals surface area contributed by atoms with Crippen LogP contribution in [0.3, 0.4) is 0 Å². The van der Waals surface area contributed by atoms with Gasteiger partial charge < -0.3 is 16.0 Å². The first-order valence-electron chi connectivity index (χ1n) is 10.8. The van der Waals surface area contributed by atoms with Crippen molar-refractivity contribution in [3.8, 4) is 0 Å². The van der Waals surface area contributed by atoms with Gasteiger partial charge in [-0.1, -0.05) is 46.6 Å². The number of carbonyl (C=O) groups excluding carboxylic acids is 2. The highest BCUT2D eigenvalue weighted by Gasteiger charge is 2.25. The Kier molecular flexibility index (Phi) is 7.05. The molecule has 2 amide bonds. The Hall–Kier alpha value is -3.16. The van der Waals surface area contributed by atoms with Crippen LogP contribution in [0.15, 0.2) is 70.1 Å². The molecule has 0 saturated carbocycles. The van der Waals surface area contributed by atoms with Crippen LogP contribution in [-0.2, 0) is 4.79 Å². The Morgan fingerprint density at radius 3 is 2.50 bits per heavy atom. The molecule has 0 saturated heterocycles. The van der Waals surface area contributed by atoms with E-state index in [1.54, 1.807) is 12.1 Å².